The maximum absolute atomic E-state index is 12.0. The van der Waals surface area contributed by atoms with Gasteiger partial charge in [0.15, 0.2) is 0 Å². The third-order valence-corrected chi connectivity index (χ3v) is 2.77. The summed E-state index contributed by atoms with van der Waals surface area (Å²) < 4.78 is 0. The van der Waals surface area contributed by atoms with E-state index >= 15 is 0 Å². The van der Waals surface area contributed by atoms with E-state index < -0.39 is 5.91 Å². The van der Waals surface area contributed by atoms with Crippen LogP contribution in [0, 0.1) is 0 Å². The van der Waals surface area contributed by atoms with Crippen molar-refractivity contribution in [1.82, 2.24) is 10.2 Å². The van der Waals surface area contributed by atoms with Gasteiger partial charge in [-0.05, 0) is 30.7 Å². The van der Waals surface area contributed by atoms with Crippen molar-refractivity contribution in [3.8, 4) is 0 Å². The molecule has 0 unspecified atom stereocenters. The first-order chi connectivity index (χ1) is 9.11. The second-order valence-electron chi connectivity index (χ2n) is 4.02. The number of nitrogens with one attached hydrogen (secondary N) is 2. The molecule has 2 amide bonds. The van der Waals surface area contributed by atoms with Gasteiger partial charge in [-0.1, -0.05) is 6.92 Å². The van der Waals surface area contributed by atoms with Crippen molar-refractivity contribution in [2.24, 2.45) is 5.73 Å². The number of benzene rings is 1. The topological polar surface area (TPSA) is 101 Å². The van der Waals surface area contributed by atoms with Gasteiger partial charge in [-0.25, -0.2) is 0 Å². The Bertz CT molecular complexity index is 601. The van der Waals surface area contributed by atoms with E-state index in [0.717, 1.165) is 12.0 Å². The lowest BCUT2D eigenvalue weighted by Gasteiger charge is -2.05. The van der Waals surface area contributed by atoms with Crippen LogP contribution in [-0.2, 0) is 6.42 Å². The van der Waals surface area contributed by atoms with Crippen LogP contribution < -0.4 is 11.1 Å². The lowest BCUT2D eigenvalue weighted by molar-refractivity contribution is 0.0995. The number of hydrogen-bond donors (Lipinski definition) is 3. The molecule has 0 radical (unpaired) electrons. The first-order valence-electron chi connectivity index (χ1n) is 5.85. The normalized spacial score (nSPS) is 10.2. The van der Waals surface area contributed by atoms with Gasteiger partial charge in [-0.15, -0.1) is 0 Å². The minimum atomic E-state index is -0.520. The van der Waals surface area contributed by atoms with Gasteiger partial charge in [0, 0.05) is 16.7 Å². The fourth-order valence-electron chi connectivity index (χ4n) is 1.66. The summed E-state index contributed by atoms with van der Waals surface area (Å²) in [5, 5.41) is 9.34. The quantitative estimate of drug-likeness (QED) is 0.770. The minimum Gasteiger partial charge on any atom is -0.366 e. The molecule has 19 heavy (non-hydrogen) atoms. The van der Waals surface area contributed by atoms with E-state index in [0.29, 0.717) is 16.9 Å². The summed E-state index contributed by atoms with van der Waals surface area (Å²) in [6.07, 6.45) is 2.44. The van der Waals surface area contributed by atoms with Crippen molar-refractivity contribution in [2.75, 3.05) is 5.32 Å². The number of aryl methyl sites for hydroxylation is 1. The van der Waals surface area contributed by atoms with Gasteiger partial charge >= 0.3 is 0 Å². The number of primary amides is 1. The van der Waals surface area contributed by atoms with Crippen molar-refractivity contribution >= 4 is 17.6 Å². The second kappa shape index (κ2) is 5.34. The van der Waals surface area contributed by atoms with Crippen molar-refractivity contribution in [1.29, 1.82) is 0 Å². The predicted octanol–water partition coefficient (Wildman–Crippen LogP) is 1.32. The monoisotopic (exact) mass is 258 g/mol. The number of carbonyl (C=O) groups excluding carboxylic acids is 2. The van der Waals surface area contributed by atoms with Gasteiger partial charge in [0.2, 0.25) is 5.91 Å². The second-order valence-corrected chi connectivity index (χ2v) is 4.02. The molecule has 0 fully saturated rings. The standard InChI is InChI=1S/C13H14N4O2/c1-2-8-7-15-17-12(8)16-13(19)10-5-3-9(4-6-10)11(14)18/h3-7H,2H2,1H3,(H2,14,18)(H2,15,16,17,19). The largest absolute Gasteiger partial charge is 0.366 e. The molecule has 4 N–H and O–H groups in total. The summed E-state index contributed by atoms with van der Waals surface area (Å²) in [6.45, 7) is 1.97. The molecule has 0 atom stereocenters. The molecule has 6 heteroatoms. The minimum absolute atomic E-state index is 0.269. The number of rotatable bonds is 4. The highest BCUT2D eigenvalue weighted by atomic mass is 16.2. The fraction of sp³-hybridized carbons (Fsp3) is 0.154. The smallest absolute Gasteiger partial charge is 0.256 e. The van der Waals surface area contributed by atoms with Crippen LogP contribution in [0.25, 0.3) is 0 Å². The molecule has 1 heterocycles. The zero-order valence-electron chi connectivity index (χ0n) is 10.4. The number of carbonyl (C=O) groups is 2. The zero-order valence-corrected chi connectivity index (χ0v) is 10.4. The van der Waals surface area contributed by atoms with Gasteiger partial charge < -0.3 is 11.1 Å². The lowest BCUT2D eigenvalue weighted by Crippen LogP contribution is -2.15. The molecule has 2 aromatic rings. The Morgan fingerprint density at radius 1 is 1.26 bits per heavy atom. The summed E-state index contributed by atoms with van der Waals surface area (Å²) in [6, 6.07) is 6.14. The Balaban J connectivity index is 2.14. The highest BCUT2D eigenvalue weighted by molar-refractivity contribution is 6.04. The summed E-state index contributed by atoms with van der Waals surface area (Å²) >= 11 is 0. The molecule has 0 spiro atoms. The number of aromatic amines is 1. The molecular formula is C13H14N4O2. The molecule has 1 aromatic heterocycles. The van der Waals surface area contributed by atoms with E-state index in [4.69, 9.17) is 5.73 Å². The Morgan fingerprint density at radius 3 is 2.47 bits per heavy atom. The summed E-state index contributed by atoms with van der Waals surface area (Å²) in [7, 11) is 0. The average molecular weight is 258 g/mol. The van der Waals surface area contributed by atoms with Crippen molar-refractivity contribution in [3.63, 3.8) is 0 Å². The average Bonchev–Trinajstić information content (AvgIpc) is 2.86. The van der Waals surface area contributed by atoms with Gasteiger partial charge in [-0.3, -0.25) is 14.7 Å². The molecule has 0 saturated carbocycles. The highest BCUT2D eigenvalue weighted by Gasteiger charge is 2.10. The van der Waals surface area contributed by atoms with Crippen molar-refractivity contribution in [2.45, 2.75) is 13.3 Å². The number of nitrogens with two attached hydrogens (primary N) is 1. The van der Waals surface area contributed by atoms with E-state index in [9.17, 15) is 9.59 Å². The van der Waals surface area contributed by atoms with Crippen LogP contribution >= 0.6 is 0 Å². The van der Waals surface area contributed by atoms with Gasteiger partial charge in [0.05, 0.1) is 6.20 Å². The lowest BCUT2D eigenvalue weighted by atomic mass is 10.1. The molecule has 0 aliphatic rings. The molecule has 6 nitrogen and oxygen atoms in total. The molecule has 0 saturated heterocycles. The zero-order chi connectivity index (χ0) is 13.8. The third-order valence-electron chi connectivity index (χ3n) is 2.77. The van der Waals surface area contributed by atoms with E-state index in [1.54, 1.807) is 18.3 Å². The van der Waals surface area contributed by atoms with Crippen LogP contribution in [0.4, 0.5) is 5.82 Å². The highest BCUT2D eigenvalue weighted by Crippen LogP contribution is 2.13. The molecule has 0 aliphatic carbocycles. The van der Waals surface area contributed by atoms with E-state index in [1.165, 1.54) is 12.1 Å². The number of hydrogen-bond acceptors (Lipinski definition) is 3. The summed E-state index contributed by atoms with van der Waals surface area (Å²) in [5.74, 6) is -0.199. The van der Waals surface area contributed by atoms with Crippen LogP contribution in [0.3, 0.4) is 0 Å². The number of amides is 2. The maximum Gasteiger partial charge on any atom is 0.256 e. The van der Waals surface area contributed by atoms with Crippen LogP contribution in [0.5, 0.6) is 0 Å². The Hall–Kier alpha value is -2.63. The molecule has 98 valence electrons. The van der Waals surface area contributed by atoms with E-state index in [2.05, 4.69) is 15.5 Å². The van der Waals surface area contributed by atoms with Crippen LogP contribution in [0.1, 0.15) is 33.2 Å². The summed E-state index contributed by atoms with van der Waals surface area (Å²) in [4.78, 5) is 22.9. The van der Waals surface area contributed by atoms with Crippen molar-refractivity contribution < 1.29 is 9.59 Å². The number of aromatic nitrogens is 2. The number of H-pyrrole nitrogens is 1. The van der Waals surface area contributed by atoms with E-state index in [-0.39, 0.29) is 5.91 Å². The van der Waals surface area contributed by atoms with Gasteiger partial charge in [0.1, 0.15) is 5.82 Å². The van der Waals surface area contributed by atoms with Gasteiger partial charge in [0.25, 0.3) is 5.91 Å². The first-order valence-corrected chi connectivity index (χ1v) is 5.85. The van der Waals surface area contributed by atoms with Crippen LogP contribution in [-0.4, -0.2) is 22.0 Å². The Labute approximate surface area is 110 Å². The molecule has 0 aliphatic heterocycles. The Morgan fingerprint density at radius 2 is 1.89 bits per heavy atom. The molecule has 0 bridgehead atoms. The fourth-order valence-corrected chi connectivity index (χ4v) is 1.66. The Kier molecular flexibility index (Phi) is 3.61. The van der Waals surface area contributed by atoms with Crippen molar-refractivity contribution in [3.05, 3.63) is 47.2 Å². The summed E-state index contributed by atoms with van der Waals surface area (Å²) in [5.41, 5.74) is 6.88. The van der Waals surface area contributed by atoms with Gasteiger partial charge in [-0.2, -0.15) is 5.10 Å². The molecule has 1 aromatic carbocycles. The predicted molar refractivity (Wildman–Crippen MR) is 70.9 cm³/mol. The molecule has 2 rings (SSSR count). The maximum atomic E-state index is 12.0. The first kappa shape index (κ1) is 12.8. The van der Waals surface area contributed by atoms with Crippen LogP contribution in [0.15, 0.2) is 30.5 Å². The number of nitrogens with zero attached hydrogens (tertiary/aromatic N) is 1. The number of anilines is 1. The van der Waals surface area contributed by atoms with E-state index in [1.807, 2.05) is 6.92 Å². The van der Waals surface area contributed by atoms with Crippen LogP contribution in [0.2, 0.25) is 0 Å². The third kappa shape index (κ3) is 2.79. The molecular weight excluding hydrogens is 244 g/mol. The SMILES string of the molecule is CCc1cn[nH]c1NC(=O)c1ccc(C(N)=O)cc1.